The van der Waals surface area contributed by atoms with Gasteiger partial charge in [0.15, 0.2) is 5.82 Å². The summed E-state index contributed by atoms with van der Waals surface area (Å²) in [7, 11) is -4.63. The molecule has 3 aromatic rings. The number of ether oxygens (including phenoxy) is 1. The number of aromatic nitrogens is 2. The van der Waals surface area contributed by atoms with Gasteiger partial charge in [-0.15, -0.1) is 0 Å². The second-order valence-electron chi connectivity index (χ2n) is 9.14. The highest BCUT2D eigenvalue weighted by atomic mass is 32.2. The summed E-state index contributed by atoms with van der Waals surface area (Å²) in [6.07, 6.45) is 13.8. The number of nitrogens with one attached hydrogen (secondary N) is 1. The lowest BCUT2D eigenvalue weighted by atomic mass is 9.92. The predicted molar refractivity (Wildman–Crippen MR) is 145 cm³/mol. The standard InChI is InChI=1S/C29H25F3N4O3S/c30-29(31,32)24-8-4-5-9-26(24)40(37,38)35-28-27(33-14-15-34-28)23-12-10-22(11-13-23)25(36-16-18-39-19-17-36)20-21-6-2-1-3-7-21/h1-2,4-6,8-19,25H,3,7,20H2,(H,34,35). The van der Waals surface area contributed by atoms with Crippen molar-refractivity contribution in [2.24, 2.45) is 0 Å². The van der Waals surface area contributed by atoms with Crippen LogP contribution in [0.25, 0.3) is 11.3 Å². The first-order valence-electron chi connectivity index (χ1n) is 12.4. The Morgan fingerprint density at radius 3 is 2.42 bits per heavy atom. The molecule has 1 aliphatic carbocycles. The van der Waals surface area contributed by atoms with Gasteiger partial charge in [0, 0.05) is 30.4 Å². The number of hydrogen-bond acceptors (Lipinski definition) is 6. The van der Waals surface area contributed by atoms with Crippen LogP contribution in [0.4, 0.5) is 19.0 Å². The van der Waals surface area contributed by atoms with Crippen LogP contribution in [-0.2, 0) is 20.9 Å². The van der Waals surface area contributed by atoms with E-state index in [1.54, 1.807) is 24.7 Å². The second-order valence-corrected chi connectivity index (χ2v) is 10.8. The lowest BCUT2D eigenvalue weighted by Gasteiger charge is -2.30. The van der Waals surface area contributed by atoms with Crippen LogP contribution in [-0.4, -0.2) is 23.3 Å². The average molecular weight is 567 g/mol. The highest BCUT2D eigenvalue weighted by Crippen LogP contribution is 2.36. The minimum absolute atomic E-state index is 0.0260. The third kappa shape index (κ3) is 6.09. The molecule has 2 aliphatic rings. The molecule has 1 unspecified atom stereocenters. The van der Waals surface area contributed by atoms with Crippen molar-refractivity contribution in [3.05, 3.63) is 121 Å². The van der Waals surface area contributed by atoms with Gasteiger partial charge in [-0.2, -0.15) is 13.2 Å². The first-order chi connectivity index (χ1) is 19.2. The van der Waals surface area contributed by atoms with Gasteiger partial charge in [0.2, 0.25) is 0 Å². The van der Waals surface area contributed by atoms with E-state index >= 15 is 0 Å². The smallest absolute Gasteiger partial charge is 0.417 e. The number of halogens is 3. The molecular formula is C29H25F3N4O3S. The Morgan fingerprint density at radius 1 is 1.00 bits per heavy atom. The molecule has 5 rings (SSSR count). The van der Waals surface area contributed by atoms with Crippen molar-refractivity contribution in [2.75, 3.05) is 4.72 Å². The summed E-state index contributed by atoms with van der Waals surface area (Å²) in [6, 6.07) is 11.4. The highest BCUT2D eigenvalue weighted by molar-refractivity contribution is 7.92. The summed E-state index contributed by atoms with van der Waals surface area (Å²) in [6.45, 7) is 0. The maximum absolute atomic E-state index is 13.5. The zero-order valence-electron chi connectivity index (χ0n) is 21.1. The maximum atomic E-state index is 13.5. The lowest BCUT2D eigenvalue weighted by molar-refractivity contribution is -0.139. The number of sulfonamides is 1. The van der Waals surface area contributed by atoms with Gasteiger partial charge < -0.3 is 9.64 Å². The molecular weight excluding hydrogens is 541 g/mol. The van der Waals surface area contributed by atoms with Crippen molar-refractivity contribution in [1.29, 1.82) is 0 Å². The van der Waals surface area contributed by atoms with Gasteiger partial charge in [-0.05, 0) is 37.0 Å². The van der Waals surface area contributed by atoms with Crippen molar-refractivity contribution in [1.82, 2.24) is 14.9 Å². The van der Waals surface area contributed by atoms with Crippen molar-refractivity contribution in [2.45, 2.75) is 36.4 Å². The highest BCUT2D eigenvalue weighted by Gasteiger charge is 2.37. The molecule has 0 fully saturated rings. The molecule has 2 aromatic carbocycles. The van der Waals surface area contributed by atoms with E-state index in [9.17, 15) is 21.6 Å². The Morgan fingerprint density at radius 2 is 1.73 bits per heavy atom. The van der Waals surface area contributed by atoms with Gasteiger partial charge in [0.05, 0.1) is 16.5 Å². The Labute approximate surface area is 230 Å². The summed E-state index contributed by atoms with van der Waals surface area (Å²) >= 11 is 0. The first kappa shape index (κ1) is 27.2. The third-order valence-corrected chi connectivity index (χ3v) is 7.92. The van der Waals surface area contributed by atoms with Crippen molar-refractivity contribution in [3.63, 3.8) is 0 Å². The molecule has 1 aromatic heterocycles. The number of allylic oxidation sites excluding steroid dienone is 3. The minimum atomic E-state index is -4.85. The summed E-state index contributed by atoms with van der Waals surface area (Å²) < 4.78 is 74.0. The molecule has 0 spiro atoms. The molecule has 7 nitrogen and oxygen atoms in total. The van der Waals surface area contributed by atoms with Crippen LogP contribution >= 0.6 is 0 Å². The van der Waals surface area contributed by atoms with Crippen molar-refractivity contribution in [3.8, 4) is 11.3 Å². The summed E-state index contributed by atoms with van der Waals surface area (Å²) in [5, 5.41) is 0. The first-order valence-corrected chi connectivity index (χ1v) is 13.9. The van der Waals surface area contributed by atoms with Gasteiger partial charge >= 0.3 is 6.18 Å². The molecule has 0 radical (unpaired) electrons. The van der Waals surface area contributed by atoms with E-state index in [0.29, 0.717) is 5.56 Å². The molecule has 0 saturated carbocycles. The molecule has 1 aliphatic heterocycles. The normalized spacial score (nSPS) is 15.9. The number of alkyl halides is 3. The van der Waals surface area contributed by atoms with E-state index in [-0.39, 0.29) is 17.6 Å². The number of hydrogen-bond donors (Lipinski definition) is 1. The quantitative estimate of drug-likeness (QED) is 0.318. The largest absolute Gasteiger partial charge is 0.470 e. The fourth-order valence-electron chi connectivity index (χ4n) is 4.58. The predicted octanol–water partition coefficient (Wildman–Crippen LogP) is 6.95. The van der Waals surface area contributed by atoms with Gasteiger partial charge in [-0.1, -0.05) is 60.2 Å². The molecule has 1 atom stereocenters. The summed E-state index contributed by atoms with van der Waals surface area (Å²) in [4.78, 5) is 9.52. The number of benzene rings is 2. The number of rotatable bonds is 8. The van der Waals surface area contributed by atoms with Crippen LogP contribution in [0.2, 0.25) is 0 Å². The van der Waals surface area contributed by atoms with E-state index in [1.165, 1.54) is 24.0 Å². The molecule has 40 heavy (non-hydrogen) atoms. The van der Waals surface area contributed by atoms with E-state index in [0.717, 1.165) is 43.0 Å². The Kier molecular flexibility index (Phi) is 7.74. The van der Waals surface area contributed by atoms with Crippen LogP contribution in [0.1, 0.15) is 36.4 Å². The molecule has 206 valence electrons. The van der Waals surface area contributed by atoms with Crippen molar-refractivity contribution < 1.29 is 26.3 Å². The summed E-state index contributed by atoms with van der Waals surface area (Å²) in [5.41, 5.74) is 1.78. The van der Waals surface area contributed by atoms with E-state index < -0.39 is 26.7 Å². The third-order valence-electron chi connectivity index (χ3n) is 6.52. The lowest BCUT2D eigenvalue weighted by Crippen LogP contribution is -2.20. The zero-order valence-corrected chi connectivity index (χ0v) is 21.9. The molecule has 0 bridgehead atoms. The van der Waals surface area contributed by atoms with Gasteiger partial charge in [0.25, 0.3) is 10.0 Å². The van der Waals surface area contributed by atoms with Crippen LogP contribution in [0.3, 0.4) is 0 Å². The summed E-state index contributed by atoms with van der Waals surface area (Å²) in [5.74, 6) is -0.179. The Bertz CT molecular complexity index is 1590. The zero-order chi connectivity index (χ0) is 28.2. The fourth-order valence-corrected chi connectivity index (χ4v) is 5.83. The number of nitrogens with zero attached hydrogens (tertiary/aromatic N) is 3. The Balaban J connectivity index is 1.45. The maximum Gasteiger partial charge on any atom is 0.417 e. The topological polar surface area (TPSA) is 84.4 Å². The van der Waals surface area contributed by atoms with Crippen LogP contribution in [0.5, 0.6) is 0 Å². The molecule has 2 heterocycles. The Hall–Kier alpha value is -4.38. The number of anilines is 1. The van der Waals surface area contributed by atoms with Gasteiger partial charge in [-0.3, -0.25) is 9.71 Å². The molecule has 0 amide bonds. The van der Waals surface area contributed by atoms with Crippen molar-refractivity contribution >= 4 is 15.8 Å². The van der Waals surface area contributed by atoms with E-state index in [1.807, 2.05) is 24.5 Å². The monoisotopic (exact) mass is 566 g/mol. The molecule has 1 N–H and O–H groups in total. The van der Waals surface area contributed by atoms with Gasteiger partial charge in [-0.25, -0.2) is 13.4 Å². The van der Waals surface area contributed by atoms with Gasteiger partial charge in [0.1, 0.15) is 18.2 Å². The minimum Gasteiger partial charge on any atom is -0.470 e. The van der Waals surface area contributed by atoms with E-state index in [4.69, 9.17) is 4.74 Å². The van der Waals surface area contributed by atoms with Crippen LogP contribution in [0.15, 0.2) is 115 Å². The van der Waals surface area contributed by atoms with Crippen LogP contribution < -0.4 is 4.72 Å². The average Bonchev–Trinajstić information content (AvgIpc) is 2.97. The molecule has 0 saturated heterocycles. The second kappa shape index (κ2) is 11.4. The SMILES string of the molecule is O=S(=O)(Nc1nccnc1-c1ccc(C(CC2=CC=CCC2)N2C=COC=C2)cc1)c1ccccc1C(F)(F)F. The van der Waals surface area contributed by atoms with Crippen LogP contribution in [0, 0.1) is 0 Å². The fraction of sp³-hybridized carbons (Fsp3) is 0.172. The van der Waals surface area contributed by atoms with E-state index in [2.05, 4.69) is 37.8 Å². The molecule has 11 heteroatoms.